The number of hydrogen-bond acceptors (Lipinski definition) is 2. The van der Waals surface area contributed by atoms with Gasteiger partial charge in [0.15, 0.2) is 0 Å². The molecular weight excluding hydrogens is 192 g/mol. The van der Waals surface area contributed by atoms with Crippen molar-refractivity contribution in [1.82, 2.24) is 10.6 Å². The molecule has 90 valence electrons. The number of aliphatic hydroxyl groups excluding tert-OH is 1. The number of nitrogens with one attached hydrogen (secondary N) is 2. The molecule has 0 fully saturated rings. The Morgan fingerprint density at radius 2 is 1.73 bits per heavy atom. The van der Waals surface area contributed by atoms with E-state index in [2.05, 4.69) is 10.6 Å². The van der Waals surface area contributed by atoms with Crippen molar-refractivity contribution in [2.75, 3.05) is 13.1 Å². The maximum atomic E-state index is 11.2. The van der Waals surface area contributed by atoms with E-state index in [1.807, 2.05) is 27.7 Å². The molecule has 0 aliphatic heterocycles. The van der Waals surface area contributed by atoms with Gasteiger partial charge in [0, 0.05) is 13.1 Å². The van der Waals surface area contributed by atoms with Crippen molar-refractivity contribution >= 4 is 6.03 Å². The first-order chi connectivity index (χ1) is 6.97. The van der Waals surface area contributed by atoms with E-state index in [1.54, 1.807) is 0 Å². The molecule has 0 aromatic heterocycles. The van der Waals surface area contributed by atoms with Gasteiger partial charge in [-0.05, 0) is 11.8 Å². The summed E-state index contributed by atoms with van der Waals surface area (Å²) in [6.07, 6.45) is 0.455. The Kier molecular flexibility index (Phi) is 7.13. The molecule has 0 aromatic rings. The van der Waals surface area contributed by atoms with Gasteiger partial charge in [-0.25, -0.2) is 4.79 Å². The van der Waals surface area contributed by atoms with Crippen molar-refractivity contribution in [3.63, 3.8) is 0 Å². The number of rotatable bonds is 6. The first kappa shape index (κ1) is 14.2. The van der Waals surface area contributed by atoms with Crippen LogP contribution in [-0.2, 0) is 0 Å². The van der Waals surface area contributed by atoms with Crippen molar-refractivity contribution in [3.8, 4) is 0 Å². The lowest BCUT2D eigenvalue weighted by molar-refractivity contribution is 0.114. The van der Waals surface area contributed by atoms with E-state index in [-0.39, 0.29) is 11.9 Å². The summed E-state index contributed by atoms with van der Waals surface area (Å²) in [5.74, 6) is 0.658. The highest BCUT2D eigenvalue weighted by Crippen LogP contribution is 2.05. The minimum absolute atomic E-state index is 0.203. The Labute approximate surface area is 92.4 Å². The zero-order chi connectivity index (χ0) is 11.8. The van der Waals surface area contributed by atoms with Gasteiger partial charge < -0.3 is 15.7 Å². The summed E-state index contributed by atoms with van der Waals surface area (Å²) in [5.41, 5.74) is 0. The summed E-state index contributed by atoms with van der Waals surface area (Å²) in [4.78, 5) is 11.2. The summed E-state index contributed by atoms with van der Waals surface area (Å²) in [6.45, 7) is 9.04. The summed E-state index contributed by atoms with van der Waals surface area (Å²) in [5, 5.41) is 15.0. The minimum Gasteiger partial charge on any atom is -0.391 e. The van der Waals surface area contributed by atoms with Crippen LogP contribution in [0, 0.1) is 11.8 Å². The quantitative estimate of drug-likeness (QED) is 0.627. The van der Waals surface area contributed by atoms with Crippen molar-refractivity contribution in [3.05, 3.63) is 0 Å². The van der Waals surface area contributed by atoms with Gasteiger partial charge in [0.1, 0.15) is 0 Å². The SMILES string of the molecule is CCC(C)C(O)CNC(=O)NCC(C)C. The van der Waals surface area contributed by atoms with Crippen LogP contribution in [0.25, 0.3) is 0 Å². The zero-order valence-electron chi connectivity index (χ0n) is 10.2. The Hall–Kier alpha value is -0.770. The molecule has 2 amide bonds. The van der Waals surface area contributed by atoms with Crippen molar-refractivity contribution in [2.24, 2.45) is 11.8 Å². The van der Waals surface area contributed by atoms with Crippen LogP contribution in [0.5, 0.6) is 0 Å². The topological polar surface area (TPSA) is 61.4 Å². The van der Waals surface area contributed by atoms with Crippen molar-refractivity contribution < 1.29 is 9.90 Å². The fourth-order valence-electron chi connectivity index (χ4n) is 1.03. The molecule has 0 aliphatic carbocycles. The second-order valence-electron chi connectivity index (χ2n) is 4.44. The lowest BCUT2D eigenvalue weighted by Gasteiger charge is -2.18. The zero-order valence-corrected chi connectivity index (χ0v) is 10.2. The van der Waals surface area contributed by atoms with Crippen molar-refractivity contribution in [1.29, 1.82) is 0 Å². The smallest absolute Gasteiger partial charge is 0.314 e. The van der Waals surface area contributed by atoms with Gasteiger partial charge in [0.25, 0.3) is 0 Å². The van der Waals surface area contributed by atoms with E-state index in [0.29, 0.717) is 19.0 Å². The minimum atomic E-state index is -0.459. The fraction of sp³-hybridized carbons (Fsp3) is 0.909. The Morgan fingerprint density at radius 3 is 2.20 bits per heavy atom. The van der Waals surface area contributed by atoms with E-state index in [9.17, 15) is 9.90 Å². The molecule has 0 bridgehead atoms. The molecule has 15 heavy (non-hydrogen) atoms. The van der Waals surface area contributed by atoms with Crippen LogP contribution in [-0.4, -0.2) is 30.3 Å². The lowest BCUT2D eigenvalue weighted by atomic mass is 10.0. The van der Waals surface area contributed by atoms with Gasteiger partial charge in [-0.2, -0.15) is 0 Å². The highest BCUT2D eigenvalue weighted by atomic mass is 16.3. The monoisotopic (exact) mass is 216 g/mol. The molecule has 0 aromatic carbocycles. The third-order valence-electron chi connectivity index (χ3n) is 2.44. The summed E-state index contributed by atoms with van der Waals surface area (Å²) in [7, 11) is 0. The molecule has 0 radical (unpaired) electrons. The van der Waals surface area contributed by atoms with Crippen LogP contribution in [0.1, 0.15) is 34.1 Å². The maximum absolute atomic E-state index is 11.2. The number of amides is 2. The number of carbonyl (C=O) groups excluding carboxylic acids is 1. The number of urea groups is 1. The predicted molar refractivity (Wildman–Crippen MR) is 61.7 cm³/mol. The largest absolute Gasteiger partial charge is 0.391 e. The van der Waals surface area contributed by atoms with E-state index < -0.39 is 6.10 Å². The molecule has 0 spiro atoms. The molecule has 4 nitrogen and oxygen atoms in total. The molecule has 4 heteroatoms. The van der Waals surface area contributed by atoms with Gasteiger partial charge in [-0.1, -0.05) is 34.1 Å². The number of aliphatic hydroxyl groups is 1. The van der Waals surface area contributed by atoms with E-state index in [1.165, 1.54) is 0 Å². The molecule has 0 saturated carbocycles. The highest BCUT2D eigenvalue weighted by molar-refractivity contribution is 5.73. The third kappa shape index (κ3) is 7.19. The molecule has 0 saturated heterocycles. The third-order valence-corrected chi connectivity index (χ3v) is 2.44. The van der Waals surface area contributed by atoms with Crippen LogP contribution in [0.15, 0.2) is 0 Å². The van der Waals surface area contributed by atoms with Crippen molar-refractivity contribution in [2.45, 2.75) is 40.2 Å². The standard InChI is InChI=1S/C11H24N2O2/c1-5-9(4)10(14)7-13-11(15)12-6-8(2)3/h8-10,14H,5-7H2,1-4H3,(H2,12,13,15). The Morgan fingerprint density at radius 1 is 1.20 bits per heavy atom. The molecule has 0 heterocycles. The molecule has 0 aliphatic rings. The van der Waals surface area contributed by atoms with E-state index in [4.69, 9.17) is 0 Å². The maximum Gasteiger partial charge on any atom is 0.314 e. The molecule has 2 unspecified atom stereocenters. The summed E-state index contributed by atoms with van der Waals surface area (Å²) < 4.78 is 0. The van der Waals surface area contributed by atoms with Crippen LogP contribution in [0.3, 0.4) is 0 Å². The second-order valence-corrected chi connectivity index (χ2v) is 4.44. The second kappa shape index (κ2) is 7.51. The highest BCUT2D eigenvalue weighted by Gasteiger charge is 2.12. The van der Waals surface area contributed by atoms with Gasteiger partial charge in [0.05, 0.1) is 6.10 Å². The average molecular weight is 216 g/mol. The fourth-order valence-corrected chi connectivity index (χ4v) is 1.03. The Bertz CT molecular complexity index is 183. The average Bonchev–Trinajstić information content (AvgIpc) is 2.21. The number of hydrogen-bond donors (Lipinski definition) is 3. The van der Waals surface area contributed by atoms with E-state index in [0.717, 1.165) is 6.42 Å². The van der Waals surface area contributed by atoms with E-state index >= 15 is 0 Å². The van der Waals surface area contributed by atoms with Crippen LogP contribution in [0.2, 0.25) is 0 Å². The van der Waals surface area contributed by atoms with Gasteiger partial charge in [-0.3, -0.25) is 0 Å². The Balaban J connectivity index is 3.62. The van der Waals surface area contributed by atoms with Crippen LogP contribution >= 0.6 is 0 Å². The summed E-state index contributed by atoms with van der Waals surface area (Å²) >= 11 is 0. The normalized spacial score (nSPS) is 14.8. The molecule has 2 atom stereocenters. The van der Waals surface area contributed by atoms with Crippen LogP contribution in [0.4, 0.5) is 4.79 Å². The molecular formula is C11H24N2O2. The predicted octanol–water partition coefficient (Wildman–Crippen LogP) is 1.35. The van der Waals surface area contributed by atoms with Crippen LogP contribution < -0.4 is 10.6 Å². The number of carbonyl (C=O) groups is 1. The summed E-state index contributed by atoms with van der Waals surface area (Å²) in [6, 6.07) is -0.203. The first-order valence-electron chi connectivity index (χ1n) is 5.67. The first-order valence-corrected chi connectivity index (χ1v) is 5.67. The lowest BCUT2D eigenvalue weighted by Crippen LogP contribution is -2.42. The van der Waals surface area contributed by atoms with Gasteiger partial charge in [-0.15, -0.1) is 0 Å². The van der Waals surface area contributed by atoms with Gasteiger partial charge in [0.2, 0.25) is 0 Å². The molecule has 3 N–H and O–H groups in total. The molecule has 0 rings (SSSR count). The van der Waals surface area contributed by atoms with Gasteiger partial charge >= 0.3 is 6.03 Å².